The molecule has 0 aromatic carbocycles. The molecule has 2 rings (SSSR count). The van der Waals surface area contributed by atoms with Crippen LogP contribution in [0.25, 0.3) is 0 Å². The van der Waals surface area contributed by atoms with Crippen LogP contribution in [0, 0.1) is 0 Å². The largest absolute Gasteiger partial charge is 0.393 e. The van der Waals surface area contributed by atoms with Crippen LogP contribution in [0.2, 0.25) is 0 Å². The van der Waals surface area contributed by atoms with Gasteiger partial charge in [-0.1, -0.05) is 5.16 Å². The molecule has 4 heteroatoms. The van der Waals surface area contributed by atoms with E-state index < -0.39 is 6.10 Å². The Morgan fingerprint density at radius 3 is 3.00 bits per heavy atom. The van der Waals surface area contributed by atoms with Gasteiger partial charge in [-0.25, -0.2) is 0 Å². The molecule has 66 valence electrons. The fourth-order valence-corrected chi connectivity index (χ4v) is 1.11. The van der Waals surface area contributed by atoms with E-state index in [0.717, 1.165) is 18.7 Å². The van der Waals surface area contributed by atoms with Crippen LogP contribution in [0.1, 0.15) is 37.4 Å². The molecule has 12 heavy (non-hydrogen) atoms. The van der Waals surface area contributed by atoms with Crippen LogP contribution in [0.3, 0.4) is 0 Å². The number of aliphatic hydroxyl groups excluding tert-OH is 1. The van der Waals surface area contributed by atoms with Crippen molar-refractivity contribution in [2.45, 2.75) is 38.2 Å². The minimum Gasteiger partial charge on any atom is -0.393 e. The molecule has 1 atom stereocenters. The summed E-state index contributed by atoms with van der Waals surface area (Å²) in [7, 11) is 0. The van der Waals surface area contributed by atoms with Gasteiger partial charge in [0.1, 0.15) is 0 Å². The molecule has 1 aliphatic rings. The highest BCUT2D eigenvalue weighted by Gasteiger charge is 2.29. The van der Waals surface area contributed by atoms with Crippen molar-refractivity contribution in [2.24, 2.45) is 0 Å². The second kappa shape index (κ2) is 2.86. The molecule has 0 radical (unpaired) electrons. The maximum Gasteiger partial charge on any atom is 0.229 e. The highest BCUT2D eigenvalue weighted by atomic mass is 16.5. The number of nitrogens with zero attached hydrogens (tertiary/aromatic N) is 2. The minimum atomic E-state index is -0.394. The van der Waals surface area contributed by atoms with E-state index in [4.69, 9.17) is 9.63 Å². The third kappa shape index (κ3) is 1.64. The molecule has 1 N–H and O–H groups in total. The number of hydrogen-bond donors (Lipinski definition) is 1. The number of aromatic nitrogens is 2. The van der Waals surface area contributed by atoms with Gasteiger partial charge in [-0.3, -0.25) is 0 Å². The second-order valence-electron chi connectivity index (χ2n) is 3.38. The van der Waals surface area contributed by atoms with Crippen LogP contribution >= 0.6 is 0 Å². The number of hydrogen-bond acceptors (Lipinski definition) is 4. The topological polar surface area (TPSA) is 59.2 Å². The third-order valence-electron chi connectivity index (χ3n) is 1.89. The zero-order valence-corrected chi connectivity index (χ0v) is 7.03. The molecule has 0 spiro atoms. The highest BCUT2D eigenvalue weighted by molar-refractivity contribution is 5.01. The van der Waals surface area contributed by atoms with E-state index in [-0.39, 0.29) is 0 Å². The highest BCUT2D eigenvalue weighted by Crippen LogP contribution is 2.38. The standard InChI is InChI=1S/C8H12N2O2/c1-5(11)4-7-9-8(12-10-7)6-2-3-6/h5-6,11H,2-4H2,1H3. The van der Waals surface area contributed by atoms with E-state index in [9.17, 15) is 0 Å². The summed E-state index contributed by atoms with van der Waals surface area (Å²) in [5.74, 6) is 1.86. The first-order valence-corrected chi connectivity index (χ1v) is 4.26. The predicted octanol–water partition coefficient (Wildman–Crippen LogP) is 0.870. The van der Waals surface area contributed by atoms with Gasteiger partial charge in [0, 0.05) is 12.3 Å². The summed E-state index contributed by atoms with van der Waals surface area (Å²) in [6.45, 7) is 1.72. The monoisotopic (exact) mass is 168 g/mol. The zero-order chi connectivity index (χ0) is 8.55. The molecule has 1 aromatic rings. The van der Waals surface area contributed by atoms with Crippen LogP contribution in [0.5, 0.6) is 0 Å². The average molecular weight is 168 g/mol. The molecule has 1 fully saturated rings. The summed E-state index contributed by atoms with van der Waals surface area (Å²) < 4.78 is 5.02. The van der Waals surface area contributed by atoms with E-state index in [0.29, 0.717) is 18.2 Å². The van der Waals surface area contributed by atoms with Gasteiger partial charge in [0.2, 0.25) is 5.89 Å². The Labute approximate surface area is 70.6 Å². The molecule has 0 bridgehead atoms. The summed E-state index contributed by atoms with van der Waals surface area (Å²) in [5.41, 5.74) is 0. The Hall–Kier alpha value is -0.900. The molecule has 0 aliphatic heterocycles. The van der Waals surface area contributed by atoms with Gasteiger partial charge < -0.3 is 9.63 Å². The first-order chi connectivity index (χ1) is 5.75. The predicted molar refractivity (Wildman–Crippen MR) is 41.7 cm³/mol. The first kappa shape index (κ1) is 7.73. The smallest absolute Gasteiger partial charge is 0.229 e. The van der Waals surface area contributed by atoms with Crippen molar-refractivity contribution in [3.05, 3.63) is 11.7 Å². The van der Waals surface area contributed by atoms with E-state index in [1.54, 1.807) is 6.92 Å². The minimum absolute atomic E-state index is 0.394. The summed E-state index contributed by atoms with van der Waals surface area (Å²) in [4.78, 5) is 4.17. The van der Waals surface area contributed by atoms with Gasteiger partial charge in [-0.05, 0) is 19.8 Å². The zero-order valence-electron chi connectivity index (χ0n) is 7.03. The summed E-state index contributed by atoms with van der Waals surface area (Å²) >= 11 is 0. The molecule has 4 nitrogen and oxygen atoms in total. The third-order valence-corrected chi connectivity index (χ3v) is 1.89. The van der Waals surface area contributed by atoms with E-state index in [1.165, 1.54) is 0 Å². The quantitative estimate of drug-likeness (QED) is 0.727. The molecule has 0 amide bonds. The summed E-state index contributed by atoms with van der Waals surface area (Å²) in [6, 6.07) is 0. The lowest BCUT2D eigenvalue weighted by Gasteiger charge is -1.95. The fourth-order valence-electron chi connectivity index (χ4n) is 1.11. The Morgan fingerprint density at radius 2 is 2.42 bits per heavy atom. The van der Waals surface area contributed by atoms with E-state index in [2.05, 4.69) is 10.1 Å². The van der Waals surface area contributed by atoms with Crippen molar-refractivity contribution >= 4 is 0 Å². The number of rotatable bonds is 3. The molecular formula is C8H12N2O2. The Bertz CT molecular complexity index is 266. The Balaban J connectivity index is 2.03. The van der Waals surface area contributed by atoms with Crippen molar-refractivity contribution in [3.63, 3.8) is 0 Å². The summed E-state index contributed by atoms with van der Waals surface area (Å²) in [6.07, 6.45) is 2.41. The molecule has 1 saturated carbocycles. The fraction of sp³-hybridized carbons (Fsp3) is 0.750. The van der Waals surface area contributed by atoms with Crippen LogP contribution in [-0.4, -0.2) is 21.4 Å². The van der Waals surface area contributed by atoms with Crippen molar-refractivity contribution < 1.29 is 9.63 Å². The van der Waals surface area contributed by atoms with Gasteiger partial charge in [0.25, 0.3) is 0 Å². The normalized spacial score (nSPS) is 19.5. The van der Waals surface area contributed by atoms with Gasteiger partial charge in [0.05, 0.1) is 6.10 Å². The van der Waals surface area contributed by atoms with Crippen LogP contribution in [0.4, 0.5) is 0 Å². The molecule has 1 aromatic heterocycles. The van der Waals surface area contributed by atoms with Crippen molar-refractivity contribution in [2.75, 3.05) is 0 Å². The van der Waals surface area contributed by atoms with Crippen molar-refractivity contribution in [3.8, 4) is 0 Å². The van der Waals surface area contributed by atoms with Crippen LogP contribution in [-0.2, 0) is 6.42 Å². The van der Waals surface area contributed by atoms with E-state index >= 15 is 0 Å². The lowest BCUT2D eigenvalue weighted by Crippen LogP contribution is -2.05. The molecule has 1 heterocycles. The average Bonchev–Trinajstić information content (AvgIpc) is 2.73. The van der Waals surface area contributed by atoms with Crippen molar-refractivity contribution in [1.82, 2.24) is 10.1 Å². The van der Waals surface area contributed by atoms with Gasteiger partial charge in [-0.15, -0.1) is 0 Å². The molecule has 1 unspecified atom stereocenters. The maximum atomic E-state index is 9.05. The second-order valence-corrected chi connectivity index (χ2v) is 3.38. The van der Waals surface area contributed by atoms with Gasteiger partial charge in [0.15, 0.2) is 5.82 Å². The van der Waals surface area contributed by atoms with Gasteiger partial charge in [-0.2, -0.15) is 4.98 Å². The molecular weight excluding hydrogens is 156 g/mol. The van der Waals surface area contributed by atoms with E-state index in [1.807, 2.05) is 0 Å². The van der Waals surface area contributed by atoms with Crippen LogP contribution < -0.4 is 0 Å². The van der Waals surface area contributed by atoms with Gasteiger partial charge >= 0.3 is 0 Å². The first-order valence-electron chi connectivity index (χ1n) is 4.26. The summed E-state index contributed by atoms with van der Waals surface area (Å²) in [5, 5.41) is 12.8. The van der Waals surface area contributed by atoms with Crippen LogP contribution in [0.15, 0.2) is 4.52 Å². The lowest BCUT2D eigenvalue weighted by atomic mass is 10.3. The Kier molecular flexibility index (Phi) is 1.84. The molecule has 1 aliphatic carbocycles. The Morgan fingerprint density at radius 1 is 1.67 bits per heavy atom. The maximum absolute atomic E-state index is 9.05. The lowest BCUT2D eigenvalue weighted by molar-refractivity contribution is 0.191. The number of aliphatic hydroxyl groups is 1. The molecule has 0 saturated heterocycles. The SMILES string of the molecule is CC(O)Cc1noc(C2CC2)n1. The van der Waals surface area contributed by atoms with Crippen molar-refractivity contribution in [1.29, 1.82) is 0 Å².